The number of amides is 2. The molecule has 3 nitrogen and oxygen atoms in total. The zero-order chi connectivity index (χ0) is 8.10. The quantitative estimate of drug-likeness (QED) is 0.625. The number of rotatable bonds is 2. The standard InChI is InChI=1S/C8H7NO2/c10-6-9-8(11)7-4-2-1-3-5-7/h1-6H,(H,9,10,11). The van der Waals surface area contributed by atoms with E-state index in [1.54, 1.807) is 30.3 Å². The van der Waals surface area contributed by atoms with Crippen LogP contribution in [0, 0.1) is 0 Å². The first-order chi connectivity index (χ1) is 5.34. The highest BCUT2D eigenvalue weighted by molar-refractivity contribution is 5.99. The SMILES string of the molecule is O=CNC(=O)c1ccccc1. The van der Waals surface area contributed by atoms with Crippen molar-refractivity contribution in [1.29, 1.82) is 0 Å². The molecule has 0 aliphatic heterocycles. The van der Waals surface area contributed by atoms with Gasteiger partial charge in [0.05, 0.1) is 0 Å². The van der Waals surface area contributed by atoms with Gasteiger partial charge in [-0.1, -0.05) is 18.2 Å². The van der Waals surface area contributed by atoms with Gasteiger partial charge < -0.3 is 0 Å². The number of benzene rings is 1. The molecule has 1 aromatic rings. The zero-order valence-electron chi connectivity index (χ0n) is 5.78. The maximum absolute atomic E-state index is 10.9. The molecule has 0 bridgehead atoms. The Morgan fingerprint density at radius 2 is 1.91 bits per heavy atom. The second-order valence-corrected chi connectivity index (χ2v) is 1.96. The minimum atomic E-state index is -0.374. The molecule has 0 fully saturated rings. The van der Waals surface area contributed by atoms with Gasteiger partial charge in [0.25, 0.3) is 5.91 Å². The van der Waals surface area contributed by atoms with E-state index >= 15 is 0 Å². The fourth-order valence-corrected chi connectivity index (χ4v) is 0.726. The van der Waals surface area contributed by atoms with Crippen molar-refractivity contribution in [2.75, 3.05) is 0 Å². The summed E-state index contributed by atoms with van der Waals surface area (Å²) < 4.78 is 0. The average molecular weight is 149 g/mol. The number of hydrogen-bond acceptors (Lipinski definition) is 2. The monoisotopic (exact) mass is 149 g/mol. The third-order valence-corrected chi connectivity index (χ3v) is 1.23. The van der Waals surface area contributed by atoms with Crippen molar-refractivity contribution >= 4 is 12.3 Å². The second kappa shape index (κ2) is 3.51. The highest BCUT2D eigenvalue weighted by Gasteiger charge is 2.00. The van der Waals surface area contributed by atoms with Crippen LogP contribution in [0.5, 0.6) is 0 Å². The average Bonchev–Trinajstić information content (AvgIpc) is 2.07. The molecule has 0 saturated carbocycles. The molecule has 1 rings (SSSR count). The van der Waals surface area contributed by atoms with Gasteiger partial charge in [-0.25, -0.2) is 0 Å². The van der Waals surface area contributed by atoms with E-state index < -0.39 is 0 Å². The van der Waals surface area contributed by atoms with Crippen molar-refractivity contribution in [3.8, 4) is 0 Å². The third-order valence-electron chi connectivity index (χ3n) is 1.23. The van der Waals surface area contributed by atoms with Gasteiger partial charge in [-0.05, 0) is 12.1 Å². The highest BCUT2D eigenvalue weighted by Crippen LogP contribution is 1.96. The lowest BCUT2D eigenvalue weighted by Crippen LogP contribution is -2.20. The van der Waals surface area contributed by atoms with Crippen LogP contribution < -0.4 is 5.32 Å². The van der Waals surface area contributed by atoms with Crippen LogP contribution in [0.25, 0.3) is 0 Å². The maximum atomic E-state index is 10.9. The third kappa shape index (κ3) is 1.89. The second-order valence-electron chi connectivity index (χ2n) is 1.96. The lowest BCUT2D eigenvalue weighted by Gasteiger charge is -1.95. The zero-order valence-corrected chi connectivity index (χ0v) is 5.78. The summed E-state index contributed by atoms with van der Waals surface area (Å²) in [6.07, 6.45) is 0.370. The Morgan fingerprint density at radius 3 is 2.45 bits per heavy atom. The molecular weight excluding hydrogens is 142 g/mol. The highest BCUT2D eigenvalue weighted by atomic mass is 16.2. The summed E-state index contributed by atoms with van der Waals surface area (Å²) in [5.74, 6) is -0.374. The smallest absolute Gasteiger partial charge is 0.257 e. The Balaban J connectivity index is 2.77. The number of carbonyl (C=O) groups is 2. The molecule has 11 heavy (non-hydrogen) atoms. The topological polar surface area (TPSA) is 46.2 Å². The summed E-state index contributed by atoms with van der Waals surface area (Å²) in [5.41, 5.74) is 0.486. The largest absolute Gasteiger partial charge is 0.295 e. The molecule has 0 aliphatic rings. The molecule has 0 aromatic heterocycles. The molecule has 0 spiro atoms. The molecule has 1 N–H and O–H groups in total. The van der Waals surface area contributed by atoms with Crippen LogP contribution in [0.2, 0.25) is 0 Å². The molecule has 0 unspecified atom stereocenters. The van der Waals surface area contributed by atoms with E-state index in [2.05, 4.69) is 0 Å². The van der Waals surface area contributed by atoms with E-state index in [4.69, 9.17) is 0 Å². The van der Waals surface area contributed by atoms with E-state index in [0.29, 0.717) is 12.0 Å². The summed E-state index contributed by atoms with van der Waals surface area (Å²) in [4.78, 5) is 20.8. The molecule has 0 radical (unpaired) electrons. The number of carbonyl (C=O) groups excluding carboxylic acids is 2. The van der Waals surface area contributed by atoms with E-state index in [-0.39, 0.29) is 5.91 Å². The molecule has 2 amide bonds. The predicted molar refractivity (Wildman–Crippen MR) is 40.0 cm³/mol. The first kappa shape index (κ1) is 7.47. The van der Waals surface area contributed by atoms with Crippen molar-refractivity contribution in [3.63, 3.8) is 0 Å². The molecule has 0 aliphatic carbocycles. The van der Waals surface area contributed by atoms with Crippen LogP contribution in [0.4, 0.5) is 0 Å². The van der Waals surface area contributed by atoms with Crippen LogP contribution >= 0.6 is 0 Å². The Bertz CT molecular complexity index is 256. The Kier molecular flexibility index (Phi) is 2.38. The lowest BCUT2D eigenvalue weighted by atomic mass is 10.2. The maximum Gasteiger partial charge on any atom is 0.257 e. The minimum Gasteiger partial charge on any atom is -0.295 e. The van der Waals surface area contributed by atoms with Crippen LogP contribution in [0.3, 0.4) is 0 Å². The van der Waals surface area contributed by atoms with E-state index in [1.165, 1.54) is 0 Å². The Hall–Kier alpha value is -1.64. The molecule has 0 heterocycles. The van der Waals surface area contributed by atoms with Gasteiger partial charge in [0.2, 0.25) is 6.41 Å². The van der Waals surface area contributed by atoms with Gasteiger partial charge in [-0.2, -0.15) is 0 Å². The number of hydrogen-bond donors (Lipinski definition) is 1. The molecular formula is C8H7NO2. The van der Waals surface area contributed by atoms with Gasteiger partial charge in [-0.3, -0.25) is 14.9 Å². The summed E-state index contributed by atoms with van der Waals surface area (Å²) in [7, 11) is 0. The molecule has 56 valence electrons. The van der Waals surface area contributed by atoms with Gasteiger partial charge in [-0.15, -0.1) is 0 Å². The molecule has 0 saturated heterocycles. The predicted octanol–water partition coefficient (Wildman–Crippen LogP) is 0.573. The normalized spacial score (nSPS) is 8.73. The van der Waals surface area contributed by atoms with Crippen molar-refractivity contribution < 1.29 is 9.59 Å². The van der Waals surface area contributed by atoms with Gasteiger partial charge in [0.15, 0.2) is 0 Å². The first-order valence-electron chi connectivity index (χ1n) is 3.14. The van der Waals surface area contributed by atoms with Crippen molar-refractivity contribution in [2.24, 2.45) is 0 Å². The van der Waals surface area contributed by atoms with E-state index in [1.807, 2.05) is 5.32 Å². The van der Waals surface area contributed by atoms with E-state index in [0.717, 1.165) is 0 Å². The fraction of sp³-hybridized carbons (Fsp3) is 0. The van der Waals surface area contributed by atoms with Crippen molar-refractivity contribution in [3.05, 3.63) is 35.9 Å². The van der Waals surface area contributed by atoms with Crippen molar-refractivity contribution in [1.82, 2.24) is 5.32 Å². The van der Waals surface area contributed by atoms with Crippen molar-refractivity contribution in [2.45, 2.75) is 0 Å². The first-order valence-corrected chi connectivity index (χ1v) is 3.14. The summed E-state index contributed by atoms with van der Waals surface area (Å²) in [6, 6.07) is 8.55. The molecule has 0 atom stereocenters. The van der Waals surface area contributed by atoms with Gasteiger partial charge in [0, 0.05) is 5.56 Å². The van der Waals surface area contributed by atoms with E-state index in [9.17, 15) is 9.59 Å². The minimum absolute atomic E-state index is 0.370. The molecule has 3 heteroatoms. The lowest BCUT2D eigenvalue weighted by molar-refractivity contribution is -0.108. The summed E-state index contributed by atoms with van der Waals surface area (Å²) in [6.45, 7) is 0. The molecule has 1 aromatic carbocycles. The van der Waals surface area contributed by atoms with Crippen LogP contribution in [0.1, 0.15) is 10.4 Å². The summed E-state index contributed by atoms with van der Waals surface area (Å²) in [5, 5.41) is 2.04. The number of nitrogens with one attached hydrogen (secondary N) is 1. The van der Waals surface area contributed by atoms with Gasteiger partial charge in [0.1, 0.15) is 0 Å². The number of imide groups is 1. The van der Waals surface area contributed by atoms with Crippen LogP contribution in [-0.2, 0) is 4.79 Å². The Morgan fingerprint density at radius 1 is 1.27 bits per heavy atom. The fourth-order valence-electron chi connectivity index (χ4n) is 0.726. The van der Waals surface area contributed by atoms with Crippen LogP contribution in [-0.4, -0.2) is 12.3 Å². The Labute approximate surface area is 64.0 Å². The van der Waals surface area contributed by atoms with Gasteiger partial charge >= 0.3 is 0 Å². The van der Waals surface area contributed by atoms with Crippen LogP contribution in [0.15, 0.2) is 30.3 Å². The summed E-state index contributed by atoms with van der Waals surface area (Å²) >= 11 is 0.